The first kappa shape index (κ1) is 9.80. The van der Waals surface area contributed by atoms with E-state index in [-0.39, 0.29) is 5.91 Å². The Kier molecular flexibility index (Phi) is 3.52. The number of nitrogens with one attached hydrogen (secondary N) is 1. The van der Waals surface area contributed by atoms with Gasteiger partial charge >= 0.3 is 0 Å². The number of hydrogen-bond donors (Lipinski definition) is 2. The lowest BCUT2D eigenvalue weighted by Gasteiger charge is -2.03. The number of pyridine rings is 1. The van der Waals surface area contributed by atoms with Gasteiger partial charge in [0, 0.05) is 19.2 Å². The van der Waals surface area contributed by atoms with E-state index in [9.17, 15) is 4.79 Å². The van der Waals surface area contributed by atoms with E-state index < -0.39 is 0 Å². The second-order valence-electron chi connectivity index (χ2n) is 2.53. The standard InChI is InChI=1S/C8H10ClN3O/c9-6-3-7(5-11-4-6)12-2-1-8(10)13/h3-5,12H,1-2H2,(H2,10,13). The summed E-state index contributed by atoms with van der Waals surface area (Å²) in [4.78, 5) is 14.3. The van der Waals surface area contributed by atoms with E-state index in [1.807, 2.05) is 0 Å². The molecule has 3 N–H and O–H groups in total. The Morgan fingerprint density at radius 3 is 3.00 bits per heavy atom. The Bertz CT molecular complexity index is 303. The predicted octanol–water partition coefficient (Wildman–Crippen LogP) is 1.02. The molecule has 0 aliphatic heterocycles. The van der Waals surface area contributed by atoms with Crippen molar-refractivity contribution in [1.29, 1.82) is 0 Å². The van der Waals surface area contributed by atoms with Gasteiger partial charge in [-0.2, -0.15) is 0 Å². The zero-order chi connectivity index (χ0) is 9.68. The fourth-order valence-corrected chi connectivity index (χ4v) is 1.01. The molecule has 0 atom stereocenters. The van der Waals surface area contributed by atoms with Gasteiger partial charge in [-0.1, -0.05) is 11.6 Å². The summed E-state index contributed by atoms with van der Waals surface area (Å²) in [6.07, 6.45) is 3.47. The first-order valence-corrected chi connectivity index (χ1v) is 4.19. The maximum atomic E-state index is 10.4. The fraction of sp³-hybridized carbons (Fsp3) is 0.250. The summed E-state index contributed by atoms with van der Waals surface area (Å²) in [6.45, 7) is 0.497. The third kappa shape index (κ3) is 3.75. The number of halogens is 1. The lowest BCUT2D eigenvalue weighted by atomic mass is 10.3. The van der Waals surface area contributed by atoms with Crippen molar-refractivity contribution in [3.63, 3.8) is 0 Å². The van der Waals surface area contributed by atoms with Crippen LogP contribution in [0.3, 0.4) is 0 Å². The number of nitrogens with zero attached hydrogens (tertiary/aromatic N) is 1. The van der Waals surface area contributed by atoms with Crippen molar-refractivity contribution in [2.75, 3.05) is 11.9 Å². The van der Waals surface area contributed by atoms with Crippen molar-refractivity contribution < 1.29 is 4.79 Å². The second kappa shape index (κ2) is 4.67. The van der Waals surface area contributed by atoms with Crippen molar-refractivity contribution >= 4 is 23.2 Å². The lowest BCUT2D eigenvalue weighted by Crippen LogP contribution is -2.15. The van der Waals surface area contributed by atoms with Gasteiger partial charge in [0.05, 0.1) is 16.9 Å². The van der Waals surface area contributed by atoms with Crippen LogP contribution in [0.15, 0.2) is 18.5 Å². The average Bonchev–Trinajstić information content (AvgIpc) is 2.03. The van der Waals surface area contributed by atoms with Crippen LogP contribution in [0.5, 0.6) is 0 Å². The molecule has 0 spiro atoms. The quantitative estimate of drug-likeness (QED) is 0.761. The third-order valence-corrected chi connectivity index (χ3v) is 1.61. The first-order chi connectivity index (χ1) is 6.18. The summed E-state index contributed by atoms with van der Waals surface area (Å²) >= 11 is 5.69. The minimum absolute atomic E-state index is 0.298. The number of aromatic nitrogens is 1. The maximum Gasteiger partial charge on any atom is 0.219 e. The summed E-state index contributed by atoms with van der Waals surface area (Å²) in [5, 5.41) is 3.53. The maximum absolute atomic E-state index is 10.4. The molecule has 0 saturated carbocycles. The third-order valence-electron chi connectivity index (χ3n) is 1.41. The van der Waals surface area contributed by atoms with Gasteiger partial charge in [-0.15, -0.1) is 0 Å². The van der Waals surface area contributed by atoms with Gasteiger partial charge in [0.15, 0.2) is 0 Å². The number of carbonyl (C=O) groups excluding carboxylic acids is 1. The van der Waals surface area contributed by atoms with E-state index in [1.165, 1.54) is 0 Å². The van der Waals surface area contributed by atoms with Gasteiger partial charge in [0.2, 0.25) is 5.91 Å². The zero-order valence-electron chi connectivity index (χ0n) is 6.96. The molecule has 1 amide bonds. The van der Waals surface area contributed by atoms with Gasteiger partial charge in [-0.05, 0) is 6.07 Å². The van der Waals surface area contributed by atoms with Crippen molar-refractivity contribution in [2.45, 2.75) is 6.42 Å². The molecule has 70 valence electrons. The SMILES string of the molecule is NC(=O)CCNc1cncc(Cl)c1. The van der Waals surface area contributed by atoms with Crippen LogP contribution >= 0.6 is 11.6 Å². The summed E-state index contributed by atoms with van der Waals surface area (Å²) in [5.41, 5.74) is 5.75. The number of carbonyl (C=O) groups is 1. The van der Waals surface area contributed by atoms with Crippen LogP contribution in [0.2, 0.25) is 5.02 Å². The molecule has 0 aliphatic rings. The van der Waals surface area contributed by atoms with E-state index >= 15 is 0 Å². The largest absolute Gasteiger partial charge is 0.383 e. The van der Waals surface area contributed by atoms with E-state index in [4.69, 9.17) is 17.3 Å². The number of anilines is 1. The molecule has 0 aromatic carbocycles. The molecule has 0 aliphatic carbocycles. The molecule has 13 heavy (non-hydrogen) atoms. The van der Waals surface area contributed by atoms with Crippen LogP contribution in [0.1, 0.15) is 6.42 Å². The van der Waals surface area contributed by atoms with Gasteiger partial charge in [-0.25, -0.2) is 0 Å². The summed E-state index contributed by atoms with van der Waals surface area (Å²) < 4.78 is 0. The Morgan fingerprint density at radius 2 is 2.38 bits per heavy atom. The summed E-state index contributed by atoms with van der Waals surface area (Å²) in [5.74, 6) is -0.331. The molecular weight excluding hydrogens is 190 g/mol. The van der Waals surface area contributed by atoms with Crippen LogP contribution in [0.4, 0.5) is 5.69 Å². The Labute approximate surface area is 81.1 Å². The van der Waals surface area contributed by atoms with Crippen LogP contribution in [-0.2, 0) is 4.79 Å². The first-order valence-electron chi connectivity index (χ1n) is 3.81. The summed E-state index contributed by atoms with van der Waals surface area (Å²) in [6, 6.07) is 1.73. The topological polar surface area (TPSA) is 68.0 Å². The Hall–Kier alpha value is -1.29. The number of rotatable bonds is 4. The highest BCUT2D eigenvalue weighted by Crippen LogP contribution is 2.12. The van der Waals surface area contributed by atoms with E-state index in [1.54, 1.807) is 18.5 Å². The van der Waals surface area contributed by atoms with Crippen molar-refractivity contribution in [3.05, 3.63) is 23.5 Å². The molecule has 0 bridgehead atoms. The highest BCUT2D eigenvalue weighted by atomic mass is 35.5. The van der Waals surface area contributed by atoms with Gasteiger partial charge in [-0.3, -0.25) is 9.78 Å². The number of nitrogens with two attached hydrogens (primary N) is 1. The van der Waals surface area contributed by atoms with Gasteiger partial charge < -0.3 is 11.1 Å². The Morgan fingerprint density at radius 1 is 1.62 bits per heavy atom. The predicted molar refractivity (Wildman–Crippen MR) is 51.5 cm³/mol. The molecular formula is C8H10ClN3O. The molecule has 0 fully saturated rings. The highest BCUT2D eigenvalue weighted by molar-refractivity contribution is 6.30. The molecule has 1 rings (SSSR count). The zero-order valence-corrected chi connectivity index (χ0v) is 7.71. The average molecular weight is 200 g/mol. The molecule has 1 heterocycles. The minimum Gasteiger partial charge on any atom is -0.383 e. The fourth-order valence-electron chi connectivity index (χ4n) is 0.839. The monoisotopic (exact) mass is 199 g/mol. The molecule has 0 radical (unpaired) electrons. The van der Waals surface area contributed by atoms with Crippen molar-refractivity contribution in [1.82, 2.24) is 4.98 Å². The minimum atomic E-state index is -0.331. The van der Waals surface area contributed by atoms with Crippen LogP contribution in [-0.4, -0.2) is 17.4 Å². The van der Waals surface area contributed by atoms with E-state index in [0.717, 1.165) is 5.69 Å². The molecule has 1 aromatic rings. The Balaban J connectivity index is 2.41. The molecule has 4 nitrogen and oxygen atoms in total. The molecule has 0 unspecified atom stereocenters. The van der Waals surface area contributed by atoms with E-state index in [0.29, 0.717) is 18.0 Å². The second-order valence-corrected chi connectivity index (χ2v) is 2.97. The van der Waals surface area contributed by atoms with Crippen molar-refractivity contribution in [3.8, 4) is 0 Å². The van der Waals surface area contributed by atoms with Crippen LogP contribution in [0, 0.1) is 0 Å². The smallest absolute Gasteiger partial charge is 0.219 e. The summed E-state index contributed by atoms with van der Waals surface area (Å²) in [7, 11) is 0. The van der Waals surface area contributed by atoms with Gasteiger partial charge in [0.1, 0.15) is 0 Å². The van der Waals surface area contributed by atoms with Crippen LogP contribution in [0.25, 0.3) is 0 Å². The molecule has 5 heteroatoms. The lowest BCUT2D eigenvalue weighted by molar-refractivity contribution is -0.117. The highest BCUT2D eigenvalue weighted by Gasteiger charge is 1.95. The van der Waals surface area contributed by atoms with Crippen molar-refractivity contribution in [2.24, 2.45) is 5.73 Å². The van der Waals surface area contributed by atoms with Crippen LogP contribution < -0.4 is 11.1 Å². The normalized spacial score (nSPS) is 9.62. The van der Waals surface area contributed by atoms with Gasteiger partial charge in [0.25, 0.3) is 0 Å². The van der Waals surface area contributed by atoms with E-state index in [2.05, 4.69) is 10.3 Å². The number of primary amides is 1. The number of hydrogen-bond acceptors (Lipinski definition) is 3. The molecule has 1 aromatic heterocycles. The number of amides is 1. The molecule has 0 saturated heterocycles.